The van der Waals surface area contributed by atoms with Crippen LogP contribution in [0.1, 0.15) is 23.7 Å². The maximum atomic E-state index is 13.1. The van der Waals surface area contributed by atoms with Crippen molar-refractivity contribution in [2.45, 2.75) is 13.3 Å². The number of nitrogens with zero attached hydrogens (tertiary/aromatic N) is 1. The summed E-state index contributed by atoms with van der Waals surface area (Å²) in [6.07, 6.45) is 2.57. The first kappa shape index (κ1) is 15.7. The lowest BCUT2D eigenvalue weighted by molar-refractivity contribution is 0.102. The molecule has 0 atom stereocenters. The van der Waals surface area contributed by atoms with Crippen molar-refractivity contribution in [3.05, 3.63) is 51.5 Å². The van der Waals surface area contributed by atoms with Gasteiger partial charge in [-0.2, -0.15) is 0 Å². The molecule has 0 saturated heterocycles. The van der Waals surface area contributed by atoms with E-state index in [4.69, 9.17) is 0 Å². The summed E-state index contributed by atoms with van der Waals surface area (Å²) >= 11 is 1.98. The smallest absolute Gasteiger partial charge is 0.259 e. The first-order valence-electron chi connectivity index (χ1n) is 6.57. The molecule has 0 aliphatic rings. The van der Waals surface area contributed by atoms with E-state index >= 15 is 0 Å². The van der Waals surface area contributed by atoms with Gasteiger partial charge >= 0.3 is 0 Å². The summed E-state index contributed by atoms with van der Waals surface area (Å²) < 4.78 is 13.7. The topological polar surface area (TPSA) is 54.0 Å². The second-order valence-corrected chi connectivity index (χ2v) is 5.57. The molecule has 1 aromatic carbocycles. The molecule has 2 rings (SSSR count). The molecule has 1 amide bonds. The number of carbonyl (C=O) groups excluding carboxylic acids is 1. The Morgan fingerprint density at radius 3 is 2.90 bits per heavy atom. The summed E-state index contributed by atoms with van der Waals surface area (Å²) in [5, 5.41) is 5.90. The van der Waals surface area contributed by atoms with Crippen LogP contribution in [0.3, 0.4) is 0 Å². The van der Waals surface area contributed by atoms with E-state index in [0.717, 1.165) is 13.0 Å². The molecule has 1 heterocycles. The highest BCUT2D eigenvalue weighted by Gasteiger charge is 2.13. The lowest BCUT2D eigenvalue weighted by Crippen LogP contribution is -2.16. The number of anilines is 2. The van der Waals surface area contributed by atoms with Crippen LogP contribution < -0.4 is 10.6 Å². The van der Waals surface area contributed by atoms with Crippen molar-refractivity contribution in [3.63, 3.8) is 0 Å². The first-order valence-corrected chi connectivity index (χ1v) is 7.65. The quantitative estimate of drug-likeness (QED) is 0.750. The van der Waals surface area contributed by atoms with E-state index < -0.39 is 0 Å². The number of halogens is 2. The third-order valence-electron chi connectivity index (χ3n) is 2.77. The van der Waals surface area contributed by atoms with Gasteiger partial charge in [-0.3, -0.25) is 4.79 Å². The van der Waals surface area contributed by atoms with E-state index in [9.17, 15) is 9.18 Å². The van der Waals surface area contributed by atoms with Gasteiger partial charge < -0.3 is 10.6 Å². The Hall–Kier alpha value is -1.70. The average Bonchev–Trinajstić information content (AvgIpc) is 2.48. The number of amides is 1. The summed E-state index contributed by atoms with van der Waals surface area (Å²) in [5.41, 5.74) is 1.04. The Morgan fingerprint density at radius 1 is 1.38 bits per heavy atom. The molecule has 0 radical (unpaired) electrons. The van der Waals surface area contributed by atoms with Crippen LogP contribution in [-0.4, -0.2) is 17.4 Å². The van der Waals surface area contributed by atoms with Crippen molar-refractivity contribution < 1.29 is 9.18 Å². The zero-order valence-electron chi connectivity index (χ0n) is 11.5. The Balaban J connectivity index is 2.20. The van der Waals surface area contributed by atoms with Gasteiger partial charge in [0.1, 0.15) is 11.6 Å². The summed E-state index contributed by atoms with van der Waals surface area (Å²) in [6.45, 7) is 2.78. The van der Waals surface area contributed by atoms with Crippen LogP contribution in [0.2, 0.25) is 0 Å². The summed E-state index contributed by atoms with van der Waals surface area (Å²) in [5.74, 6) is -0.0516. The molecular weight excluding hydrogens is 384 g/mol. The summed E-state index contributed by atoms with van der Waals surface area (Å²) in [4.78, 5) is 16.5. The third-order valence-corrected chi connectivity index (χ3v) is 3.67. The molecule has 0 fully saturated rings. The van der Waals surface area contributed by atoms with Gasteiger partial charge in [0.15, 0.2) is 0 Å². The Morgan fingerprint density at radius 2 is 2.19 bits per heavy atom. The van der Waals surface area contributed by atoms with Crippen LogP contribution in [0.15, 0.2) is 36.5 Å². The van der Waals surface area contributed by atoms with Crippen molar-refractivity contribution in [2.24, 2.45) is 0 Å². The van der Waals surface area contributed by atoms with Crippen LogP contribution >= 0.6 is 22.6 Å². The zero-order valence-corrected chi connectivity index (χ0v) is 13.6. The van der Waals surface area contributed by atoms with Gasteiger partial charge in [-0.05, 0) is 59.3 Å². The monoisotopic (exact) mass is 399 g/mol. The summed E-state index contributed by atoms with van der Waals surface area (Å²) in [7, 11) is 0. The number of hydrogen-bond donors (Lipinski definition) is 2. The molecule has 2 N–H and O–H groups in total. The minimum absolute atomic E-state index is 0.272. The fourth-order valence-electron chi connectivity index (χ4n) is 1.75. The highest BCUT2D eigenvalue weighted by Crippen LogP contribution is 2.21. The van der Waals surface area contributed by atoms with Gasteiger partial charge in [-0.1, -0.05) is 6.92 Å². The predicted octanol–water partition coefficient (Wildman–Crippen LogP) is 3.90. The molecule has 4 nitrogen and oxygen atoms in total. The standard InChI is InChI=1S/C15H15FIN3O/c1-2-7-18-14-11(4-3-8-19-14)15(21)20-13-6-5-10(16)9-12(13)17/h3-6,8-9H,2,7H2,1H3,(H,18,19)(H,20,21). The fourth-order valence-corrected chi connectivity index (χ4v) is 2.37. The van der Waals surface area contributed by atoms with Crippen LogP contribution in [0, 0.1) is 9.39 Å². The fraction of sp³-hybridized carbons (Fsp3) is 0.200. The number of rotatable bonds is 5. The van der Waals surface area contributed by atoms with Gasteiger partial charge in [-0.15, -0.1) is 0 Å². The molecule has 0 aliphatic heterocycles. The minimum Gasteiger partial charge on any atom is -0.369 e. The minimum atomic E-state index is -0.330. The molecule has 0 unspecified atom stereocenters. The Bertz CT molecular complexity index is 649. The number of nitrogens with one attached hydrogen (secondary N) is 2. The number of carbonyl (C=O) groups is 1. The molecule has 2 aromatic rings. The van der Waals surface area contributed by atoms with Gasteiger partial charge in [0.05, 0.1) is 11.3 Å². The van der Waals surface area contributed by atoms with E-state index in [0.29, 0.717) is 20.6 Å². The molecule has 0 saturated carbocycles. The van der Waals surface area contributed by atoms with E-state index in [-0.39, 0.29) is 11.7 Å². The maximum Gasteiger partial charge on any atom is 0.259 e. The molecule has 6 heteroatoms. The van der Waals surface area contributed by atoms with Crippen molar-refractivity contribution in [2.75, 3.05) is 17.2 Å². The molecule has 0 spiro atoms. The largest absolute Gasteiger partial charge is 0.369 e. The van der Waals surface area contributed by atoms with Gasteiger partial charge in [0, 0.05) is 16.3 Å². The van der Waals surface area contributed by atoms with Crippen molar-refractivity contribution in [1.82, 2.24) is 4.98 Å². The number of aromatic nitrogens is 1. The SMILES string of the molecule is CCCNc1ncccc1C(=O)Nc1ccc(F)cc1I. The van der Waals surface area contributed by atoms with Gasteiger partial charge in [0.25, 0.3) is 5.91 Å². The normalized spacial score (nSPS) is 10.2. The molecule has 1 aromatic heterocycles. The van der Waals surface area contributed by atoms with Crippen molar-refractivity contribution in [1.29, 1.82) is 0 Å². The van der Waals surface area contributed by atoms with Crippen LogP contribution in [0.4, 0.5) is 15.9 Å². The number of pyridine rings is 1. The van der Waals surface area contributed by atoms with Crippen LogP contribution in [0.5, 0.6) is 0 Å². The highest BCUT2D eigenvalue weighted by atomic mass is 127. The van der Waals surface area contributed by atoms with Crippen molar-refractivity contribution in [3.8, 4) is 0 Å². The number of benzene rings is 1. The second kappa shape index (κ2) is 7.35. The molecule has 0 bridgehead atoms. The highest BCUT2D eigenvalue weighted by molar-refractivity contribution is 14.1. The van der Waals surface area contributed by atoms with E-state index in [1.54, 1.807) is 24.4 Å². The Labute approximate surface area is 136 Å². The Kier molecular flexibility index (Phi) is 5.49. The first-order chi connectivity index (χ1) is 10.1. The van der Waals surface area contributed by atoms with Crippen LogP contribution in [-0.2, 0) is 0 Å². The second-order valence-electron chi connectivity index (χ2n) is 4.40. The van der Waals surface area contributed by atoms with Crippen molar-refractivity contribution >= 4 is 40.0 Å². The molecule has 110 valence electrons. The summed E-state index contributed by atoms with van der Waals surface area (Å²) in [6, 6.07) is 7.65. The van der Waals surface area contributed by atoms with Gasteiger partial charge in [-0.25, -0.2) is 9.37 Å². The lowest BCUT2D eigenvalue weighted by Gasteiger charge is -2.11. The average molecular weight is 399 g/mol. The van der Waals surface area contributed by atoms with Gasteiger partial charge in [0.2, 0.25) is 0 Å². The maximum absolute atomic E-state index is 13.1. The van der Waals surface area contributed by atoms with E-state index in [1.807, 2.05) is 29.5 Å². The molecule has 0 aliphatic carbocycles. The third kappa shape index (κ3) is 4.13. The zero-order chi connectivity index (χ0) is 15.2. The van der Waals surface area contributed by atoms with E-state index in [1.165, 1.54) is 12.1 Å². The van der Waals surface area contributed by atoms with E-state index in [2.05, 4.69) is 15.6 Å². The predicted molar refractivity (Wildman–Crippen MR) is 90.1 cm³/mol. The molecule has 21 heavy (non-hydrogen) atoms. The number of hydrogen-bond acceptors (Lipinski definition) is 3. The van der Waals surface area contributed by atoms with Crippen LogP contribution in [0.25, 0.3) is 0 Å². The lowest BCUT2D eigenvalue weighted by atomic mass is 10.2. The molecular formula is C15H15FIN3O.